The molecule has 0 aliphatic heterocycles. The largest absolute Gasteiger partial charge is 0.352 e. The lowest BCUT2D eigenvalue weighted by atomic mass is 10.1. The van der Waals surface area contributed by atoms with E-state index >= 15 is 0 Å². The number of anilines is 1. The minimum atomic E-state index is -4.26. The molecule has 208 valence electrons. The molecule has 0 saturated carbocycles. The Kier molecular flexibility index (Phi) is 10.1. The number of nitrogens with one attached hydrogen (secondary N) is 1. The van der Waals surface area contributed by atoms with Gasteiger partial charge in [-0.1, -0.05) is 61.0 Å². The zero-order valence-corrected chi connectivity index (χ0v) is 24.0. The summed E-state index contributed by atoms with van der Waals surface area (Å²) in [5.74, 6) is -1.68. The summed E-state index contributed by atoms with van der Waals surface area (Å²) >= 11 is 5.99. The predicted molar refractivity (Wildman–Crippen MR) is 151 cm³/mol. The molecule has 3 rings (SSSR count). The second kappa shape index (κ2) is 13.1. The molecule has 1 N–H and O–H groups in total. The molecule has 3 aromatic carbocycles. The average molecular weight is 574 g/mol. The number of aryl methyl sites for hydroxylation is 1. The van der Waals surface area contributed by atoms with Crippen molar-refractivity contribution in [3.05, 3.63) is 94.8 Å². The molecule has 3 aromatic rings. The van der Waals surface area contributed by atoms with Crippen LogP contribution < -0.4 is 9.62 Å². The van der Waals surface area contributed by atoms with E-state index < -0.39 is 34.3 Å². The Morgan fingerprint density at radius 3 is 2.26 bits per heavy atom. The van der Waals surface area contributed by atoms with Crippen LogP contribution in [0.15, 0.2) is 77.7 Å². The first-order valence-corrected chi connectivity index (χ1v) is 14.4. The third-order valence-corrected chi connectivity index (χ3v) is 8.65. The number of halogens is 2. The van der Waals surface area contributed by atoms with Crippen LogP contribution in [-0.4, -0.2) is 43.8 Å². The van der Waals surface area contributed by atoms with Gasteiger partial charge in [0.25, 0.3) is 10.0 Å². The van der Waals surface area contributed by atoms with Crippen LogP contribution in [0, 0.1) is 12.7 Å². The monoisotopic (exact) mass is 573 g/mol. The van der Waals surface area contributed by atoms with Crippen molar-refractivity contribution in [3.63, 3.8) is 0 Å². The lowest BCUT2D eigenvalue weighted by Gasteiger charge is -2.32. The topological polar surface area (TPSA) is 86.8 Å². The van der Waals surface area contributed by atoms with Crippen LogP contribution in [0.2, 0.25) is 5.02 Å². The van der Waals surface area contributed by atoms with Crippen LogP contribution in [0.4, 0.5) is 10.1 Å². The Balaban J connectivity index is 2.05. The van der Waals surface area contributed by atoms with E-state index in [4.69, 9.17) is 11.6 Å². The fourth-order valence-corrected chi connectivity index (χ4v) is 5.51. The number of amides is 2. The molecule has 10 heteroatoms. The van der Waals surface area contributed by atoms with Crippen molar-refractivity contribution in [3.8, 4) is 0 Å². The lowest BCUT2D eigenvalue weighted by molar-refractivity contribution is -0.139. The molecule has 0 spiro atoms. The number of carbonyl (C=O) groups excluding carboxylic acids is 2. The molecular weight excluding hydrogens is 541 g/mol. The minimum absolute atomic E-state index is 0.0196. The van der Waals surface area contributed by atoms with Crippen molar-refractivity contribution >= 4 is 39.1 Å². The van der Waals surface area contributed by atoms with E-state index in [2.05, 4.69) is 5.32 Å². The van der Waals surface area contributed by atoms with E-state index in [0.29, 0.717) is 6.42 Å². The number of benzene rings is 3. The van der Waals surface area contributed by atoms with Gasteiger partial charge in [-0.25, -0.2) is 12.8 Å². The molecule has 2 atom stereocenters. The van der Waals surface area contributed by atoms with Crippen LogP contribution in [0.1, 0.15) is 38.3 Å². The van der Waals surface area contributed by atoms with E-state index in [1.54, 1.807) is 25.1 Å². The van der Waals surface area contributed by atoms with Crippen LogP contribution in [0.5, 0.6) is 0 Å². The van der Waals surface area contributed by atoms with Gasteiger partial charge in [-0.3, -0.25) is 13.9 Å². The fraction of sp³-hybridized carbons (Fsp3) is 0.310. The Hall–Kier alpha value is -3.43. The Morgan fingerprint density at radius 2 is 1.64 bits per heavy atom. The van der Waals surface area contributed by atoms with Gasteiger partial charge in [0.15, 0.2) is 0 Å². The highest BCUT2D eigenvalue weighted by Gasteiger charge is 2.33. The number of hydrogen-bond acceptors (Lipinski definition) is 4. The third kappa shape index (κ3) is 7.36. The molecule has 0 bridgehead atoms. The highest BCUT2D eigenvalue weighted by Crippen LogP contribution is 2.28. The Morgan fingerprint density at radius 1 is 1.00 bits per heavy atom. The van der Waals surface area contributed by atoms with E-state index in [0.717, 1.165) is 27.6 Å². The highest BCUT2D eigenvalue weighted by molar-refractivity contribution is 7.92. The third-order valence-electron chi connectivity index (χ3n) is 6.57. The summed E-state index contributed by atoms with van der Waals surface area (Å²) in [5.41, 5.74) is 1.76. The van der Waals surface area contributed by atoms with Gasteiger partial charge in [0.05, 0.1) is 15.6 Å². The van der Waals surface area contributed by atoms with Gasteiger partial charge in [-0.05, 0) is 68.7 Å². The van der Waals surface area contributed by atoms with Crippen molar-refractivity contribution in [2.75, 3.05) is 10.8 Å². The molecule has 0 radical (unpaired) electrons. The number of rotatable bonds is 11. The van der Waals surface area contributed by atoms with Gasteiger partial charge < -0.3 is 10.2 Å². The predicted octanol–water partition coefficient (Wildman–Crippen LogP) is 5.31. The second-order valence-corrected chi connectivity index (χ2v) is 11.6. The summed E-state index contributed by atoms with van der Waals surface area (Å²) in [6.45, 7) is 6.76. The lowest BCUT2D eigenvalue weighted by Crippen LogP contribution is -2.52. The van der Waals surface area contributed by atoms with Gasteiger partial charge >= 0.3 is 0 Å². The van der Waals surface area contributed by atoms with Gasteiger partial charge in [0, 0.05) is 12.6 Å². The molecule has 7 nitrogen and oxygen atoms in total. The summed E-state index contributed by atoms with van der Waals surface area (Å²) in [6, 6.07) is 17.5. The molecule has 0 fully saturated rings. The van der Waals surface area contributed by atoms with Crippen molar-refractivity contribution in [1.82, 2.24) is 10.2 Å². The molecule has 0 aliphatic carbocycles. The minimum Gasteiger partial charge on any atom is -0.352 e. The number of carbonyl (C=O) groups is 2. The number of nitrogens with zero attached hydrogens (tertiary/aromatic N) is 2. The molecule has 0 aliphatic rings. The zero-order chi connectivity index (χ0) is 28.7. The number of hydrogen-bond donors (Lipinski definition) is 1. The average Bonchev–Trinajstić information content (AvgIpc) is 2.92. The maximum Gasteiger partial charge on any atom is 0.264 e. The van der Waals surface area contributed by atoms with E-state index in [1.165, 1.54) is 23.1 Å². The van der Waals surface area contributed by atoms with Gasteiger partial charge in [-0.15, -0.1) is 0 Å². The second-order valence-electron chi connectivity index (χ2n) is 9.37. The van der Waals surface area contributed by atoms with E-state index in [-0.39, 0.29) is 34.1 Å². The number of sulfonamides is 1. The standard InChI is InChI=1S/C29H33ClFN3O4S/c1-5-21(3)32-29(36)22(4)33(18-23-12-10-9-11-20(23)2)28(35)19-34(24-15-16-27(31)26(30)17-24)39(37,38)25-13-7-6-8-14-25/h6-17,21-22H,5,18-19H2,1-4H3,(H,32,36)/t21-,22+/m0/s1. The van der Waals surface area contributed by atoms with Gasteiger partial charge in [0.2, 0.25) is 11.8 Å². The molecule has 39 heavy (non-hydrogen) atoms. The molecule has 2 amide bonds. The molecule has 0 saturated heterocycles. The van der Waals surface area contributed by atoms with Gasteiger partial charge in [-0.2, -0.15) is 0 Å². The maximum absolute atomic E-state index is 14.0. The molecule has 0 unspecified atom stereocenters. The summed E-state index contributed by atoms with van der Waals surface area (Å²) in [5, 5.41) is 2.61. The summed E-state index contributed by atoms with van der Waals surface area (Å²) in [7, 11) is -4.26. The van der Waals surface area contributed by atoms with Gasteiger partial charge in [0.1, 0.15) is 18.4 Å². The first-order valence-electron chi connectivity index (χ1n) is 12.6. The Bertz CT molecular complexity index is 1420. The molecule has 0 heterocycles. The fourth-order valence-electron chi connectivity index (χ4n) is 3.91. The first-order chi connectivity index (χ1) is 18.4. The SMILES string of the molecule is CC[C@H](C)NC(=O)[C@@H](C)N(Cc1ccccc1C)C(=O)CN(c1ccc(F)c(Cl)c1)S(=O)(=O)c1ccccc1. The zero-order valence-electron chi connectivity index (χ0n) is 22.4. The van der Waals surface area contributed by atoms with Crippen molar-refractivity contribution < 1.29 is 22.4 Å². The van der Waals surface area contributed by atoms with Crippen LogP contribution in [0.3, 0.4) is 0 Å². The van der Waals surface area contributed by atoms with E-state index in [1.807, 2.05) is 45.0 Å². The van der Waals surface area contributed by atoms with Crippen LogP contribution in [-0.2, 0) is 26.2 Å². The van der Waals surface area contributed by atoms with Crippen molar-refractivity contribution in [1.29, 1.82) is 0 Å². The first kappa shape index (κ1) is 30.1. The summed E-state index contributed by atoms with van der Waals surface area (Å²) < 4.78 is 42.3. The molecule has 0 aromatic heterocycles. The van der Waals surface area contributed by atoms with E-state index in [9.17, 15) is 22.4 Å². The normalized spacial score (nSPS) is 12.9. The van der Waals surface area contributed by atoms with Crippen LogP contribution in [0.25, 0.3) is 0 Å². The summed E-state index contributed by atoms with van der Waals surface area (Å²) in [4.78, 5) is 28.3. The maximum atomic E-state index is 14.0. The van der Waals surface area contributed by atoms with Crippen molar-refractivity contribution in [2.45, 2.75) is 57.6 Å². The van der Waals surface area contributed by atoms with Crippen molar-refractivity contribution in [2.24, 2.45) is 0 Å². The Labute approximate surface area is 234 Å². The summed E-state index contributed by atoms with van der Waals surface area (Å²) in [6.07, 6.45) is 0.707. The smallest absolute Gasteiger partial charge is 0.264 e. The highest BCUT2D eigenvalue weighted by atomic mass is 35.5. The quantitative estimate of drug-likeness (QED) is 0.337. The molecular formula is C29H33ClFN3O4S. The van der Waals surface area contributed by atoms with Crippen LogP contribution >= 0.6 is 11.6 Å².